The normalized spacial score (nSPS) is 24.8. The van der Waals surface area contributed by atoms with E-state index in [1.807, 2.05) is 6.07 Å². The van der Waals surface area contributed by atoms with Gasteiger partial charge < -0.3 is 5.11 Å². The fraction of sp³-hybridized carbons (Fsp3) is 0.606. The van der Waals surface area contributed by atoms with Crippen LogP contribution in [0.5, 0.6) is 0 Å². The van der Waals surface area contributed by atoms with Gasteiger partial charge in [-0.05, 0) is 86.7 Å². The van der Waals surface area contributed by atoms with Crippen LogP contribution in [0.25, 0.3) is 0 Å². The summed E-state index contributed by atoms with van der Waals surface area (Å²) in [6.07, 6.45) is 6.39. The third-order valence-corrected chi connectivity index (χ3v) is 9.76. The lowest BCUT2D eigenvalue weighted by Gasteiger charge is -2.39. The first-order valence-corrected chi connectivity index (χ1v) is 15.2. The molecule has 0 bridgehead atoms. The van der Waals surface area contributed by atoms with Crippen molar-refractivity contribution in [2.24, 2.45) is 11.8 Å². The molecule has 0 amide bonds. The third kappa shape index (κ3) is 7.09. The van der Waals surface area contributed by atoms with Crippen molar-refractivity contribution in [3.63, 3.8) is 0 Å². The van der Waals surface area contributed by atoms with Crippen LogP contribution in [0.1, 0.15) is 80.4 Å². The van der Waals surface area contributed by atoms with E-state index in [0.717, 1.165) is 89.5 Å². The molecule has 5 rings (SSSR count). The molecule has 2 saturated heterocycles. The average Bonchev–Trinajstić information content (AvgIpc) is 3.39. The van der Waals surface area contributed by atoms with E-state index in [-0.39, 0.29) is 12.0 Å². The fourth-order valence-corrected chi connectivity index (χ4v) is 7.58. The summed E-state index contributed by atoms with van der Waals surface area (Å²) in [5, 5.41) is 10.3. The first-order chi connectivity index (χ1) is 19.3. The summed E-state index contributed by atoms with van der Waals surface area (Å²) >= 11 is 0. The van der Waals surface area contributed by atoms with Crippen molar-refractivity contribution in [2.45, 2.75) is 88.4 Å². The molecule has 3 unspecified atom stereocenters. The molecule has 1 aliphatic carbocycles. The third-order valence-electron chi connectivity index (χ3n) is 9.76. The lowest BCUT2D eigenvalue weighted by molar-refractivity contribution is -0.145. The molecule has 3 fully saturated rings. The van der Waals surface area contributed by atoms with E-state index in [4.69, 9.17) is 0 Å². The van der Waals surface area contributed by atoms with Crippen molar-refractivity contribution < 1.29 is 23.1 Å². The number of piperidine rings is 1. The Balaban J connectivity index is 1.18. The van der Waals surface area contributed by atoms with Crippen LogP contribution >= 0.6 is 0 Å². The summed E-state index contributed by atoms with van der Waals surface area (Å²) in [4.78, 5) is 17.4. The lowest BCUT2D eigenvalue weighted by atomic mass is 9.83. The smallest absolute Gasteiger partial charge is 0.416 e. The summed E-state index contributed by atoms with van der Waals surface area (Å²) in [7, 11) is 0. The molecule has 0 aromatic heterocycles. The van der Waals surface area contributed by atoms with Crippen LogP contribution in [-0.4, -0.2) is 59.1 Å². The molecule has 4 nitrogen and oxygen atoms in total. The van der Waals surface area contributed by atoms with Gasteiger partial charge in [0, 0.05) is 25.0 Å². The van der Waals surface area contributed by atoms with E-state index in [0.29, 0.717) is 17.9 Å². The van der Waals surface area contributed by atoms with Crippen molar-refractivity contribution in [3.05, 3.63) is 71.3 Å². The molecule has 1 N–H and O–H groups in total. The van der Waals surface area contributed by atoms with Crippen LogP contribution in [0.3, 0.4) is 0 Å². The minimum atomic E-state index is -4.28. The van der Waals surface area contributed by atoms with Gasteiger partial charge in [-0.25, -0.2) is 0 Å². The Labute approximate surface area is 236 Å². The number of carboxylic acid groups (broad SMARTS) is 1. The van der Waals surface area contributed by atoms with E-state index >= 15 is 0 Å². The molecule has 40 heavy (non-hydrogen) atoms. The summed E-state index contributed by atoms with van der Waals surface area (Å²) in [6, 6.07) is 16.1. The van der Waals surface area contributed by atoms with Crippen molar-refractivity contribution in [1.82, 2.24) is 9.80 Å². The molecule has 2 aromatic rings. The first-order valence-electron chi connectivity index (χ1n) is 15.2. The van der Waals surface area contributed by atoms with Gasteiger partial charge >= 0.3 is 12.1 Å². The number of carbonyl (C=O) groups is 1. The molecule has 1 saturated carbocycles. The maximum atomic E-state index is 12.8. The molecule has 3 aliphatic rings. The SMILES string of the molecule is O=C(O)C(C1CCCCC1)N1CC(c2ccccc2)C(N2CCC(CCCc3ccc(C(F)(F)F)cc3)CC2)C1. The molecular formula is C33H43F3N2O2. The van der Waals surface area contributed by atoms with Crippen molar-refractivity contribution in [1.29, 1.82) is 0 Å². The highest BCUT2D eigenvalue weighted by atomic mass is 19.4. The predicted octanol–water partition coefficient (Wildman–Crippen LogP) is 7.24. The molecule has 2 heterocycles. The van der Waals surface area contributed by atoms with Crippen LogP contribution in [-0.2, 0) is 17.4 Å². The highest BCUT2D eigenvalue weighted by Crippen LogP contribution is 2.38. The second kappa shape index (κ2) is 13.1. The highest BCUT2D eigenvalue weighted by molar-refractivity contribution is 5.74. The van der Waals surface area contributed by atoms with E-state index < -0.39 is 17.7 Å². The molecule has 3 atom stereocenters. The van der Waals surface area contributed by atoms with Gasteiger partial charge in [-0.2, -0.15) is 13.2 Å². The number of rotatable bonds is 9. The minimum Gasteiger partial charge on any atom is -0.480 e. The molecular weight excluding hydrogens is 513 g/mol. The first kappa shape index (κ1) is 29.1. The summed E-state index contributed by atoms with van der Waals surface area (Å²) in [5.74, 6) is 0.526. The number of hydrogen-bond donors (Lipinski definition) is 1. The van der Waals surface area contributed by atoms with Crippen LogP contribution in [0, 0.1) is 11.8 Å². The zero-order valence-electron chi connectivity index (χ0n) is 23.4. The predicted molar refractivity (Wildman–Crippen MR) is 151 cm³/mol. The number of alkyl halides is 3. The second-order valence-electron chi connectivity index (χ2n) is 12.3. The number of benzene rings is 2. The molecule has 2 aliphatic heterocycles. The fourth-order valence-electron chi connectivity index (χ4n) is 7.58. The van der Waals surface area contributed by atoms with Crippen LogP contribution in [0.15, 0.2) is 54.6 Å². The van der Waals surface area contributed by atoms with Gasteiger partial charge in [0.2, 0.25) is 0 Å². The second-order valence-corrected chi connectivity index (χ2v) is 12.3. The van der Waals surface area contributed by atoms with Crippen LogP contribution in [0.2, 0.25) is 0 Å². The van der Waals surface area contributed by atoms with Gasteiger partial charge in [0.05, 0.1) is 5.56 Å². The number of aryl methyl sites for hydroxylation is 1. The summed E-state index contributed by atoms with van der Waals surface area (Å²) in [6.45, 7) is 3.66. The van der Waals surface area contributed by atoms with Crippen LogP contribution in [0.4, 0.5) is 13.2 Å². The summed E-state index contributed by atoms with van der Waals surface area (Å²) < 4.78 is 38.5. The van der Waals surface area contributed by atoms with Gasteiger partial charge in [-0.3, -0.25) is 14.6 Å². The Morgan fingerprint density at radius 2 is 1.57 bits per heavy atom. The van der Waals surface area contributed by atoms with Gasteiger partial charge in [0.25, 0.3) is 0 Å². The average molecular weight is 557 g/mol. The van der Waals surface area contributed by atoms with Gasteiger partial charge in [0.15, 0.2) is 0 Å². The zero-order chi connectivity index (χ0) is 28.1. The summed E-state index contributed by atoms with van der Waals surface area (Å²) in [5.41, 5.74) is 1.69. The van der Waals surface area contributed by atoms with E-state index in [1.54, 1.807) is 12.1 Å². The maximum Gasteiger partial charge on any atom is 0.416 e. The molecule has 0 spiro atoms. The number of aliphatic carboxylic acids is 1. The molecule has 0 radical (unpaired) electrons. The number of nitrogens with zero attached hydrogens (tertiary/aromatic N) is 2. The Kier molecular flexibility index (Phi) is 9.52. The van der Waals surface area contributed by atoms with Crippen LogP contribution < -0.4 is 0 Å². The quantitative estimate of drug-likeness (QED) is 0.354. The maximum absolute atomic E-state index is 12.8. The Morgan fingerprint density at radius 1 is 0.900 bits per heavy atom. The standard InChI is InChI=1S/C33H43F3N2O2/c34-33(35,36)28-16-14-24(15-17-28)8-7-9-25-18-20-37(21-19-25)30-23-38(22-29(30)26-10-3-1-4-11-26)31(32(39)40)27-12-5-2-6-13-27/h1,3-4,10-11,14-17,25,27,29-31H,2,5-9,12-13,18-23H2,(H,39,40). The molecule has 2 aromatic carbocycles. The lowest BCUT2D eigenvalue weighted by Crippen LogP contribution is -2.48. The zero-order valence-corrected chi connectivity index (χ0v) is 23.4. The van der Waals surface area contributed by atoms with Gasteiger partial charge in [-0.1, -0.05) is 68.1 Å². The minimum absolute atomic E-state index is 0.247. The number of hydrogen-bond acceptors (Lipinski definition) is 3. The van der Waals surface area contributed by atoms with E-state index in [2.05, 4.69) is 34.1 Å². The van der Waals surface area contributed by atoms with E-state index in [1.165, 1.54) is 24.1 Å². The monoisotopic (exact) mass is 556 g/mol. The van der Waals surface area contributed by atoms with Crippen molar-refractivity contribution >= 4 is 5.97 Å². The van der Waals surface area contributed by atoms with Crippen molar-refractivity contribution in [2.75, 3.05) is 26.2 Å². The Bertz CT molecular complexity index is 1080. The Morgan fingerprint density at radius 3 is 2.20 bits per heavy atom. The number of halogens is 3. The number of carboxylic acids is 1. The largest absolute Gasteiger partial charge is 0.480 e. The molecule has 7 heteroatoms. The Hall–Kier alpha value is -2.38. The van der Waals surface area contributed by atoms with Gasteiger partial charge in [0.1, 0.15) is 6.04 Å². The highest BCUT2D eigenvalue weighted by Gasteiger charge is 2.45. The van der Waals surface area contributed by atoms with Gasteiger partial charge in [-0.15, -0.1) is 0 Å². The van der Waals surface area contributed by atoms with Crippen molar-refractivity contribution in [3.8, 4) is 0 Å². The number of likely N-dealkylation sites (tertiary alicyclic amines) is 2. The topological polar surface area (TPSA) is 43.8 Å². The van der Waals surface area contributed by atoms with E-state index in [9.17, 15) is 23.1 Å². The molecule has 218 valence electrons.